The van der Waals surface area contributed by atoms with E-state index in [1.165, 1.54) is 6.26 Å². The molecule has 170 valence electrons. The molecule has 2 aromatic carbocycles. The van der Waals surface area contributed by atoms with Crippen LogP contribution in [0.2, 0.25) is 0 Å². The number of rotatable bonds is 9. The maximum absolute atomic E-state index is 12.1. The van der Waals surface area contributed by atoms with E-state index in [0.29, 0.717) is 31.2 Å². The predicted molar refractivity (Wildman–Crippen MR) is 137 cm³/mol. The molecule has 1 heterocycles. The number of guanidine groups is 1. The molecule has 0 bridgehead atoms. The van der Waals surface area contributed by atoms with Crippen LogP contribution in [0.3, 0.4) is 0 Å². The minimum atomic E-state index is -0.522. The van der Waals surface area contributed by atoms with Crippen LogP contribution < -0.4 is 16.0 Å². The number of nitrogens with zero attached hydrogens (tertiary/aromatic N) is 1. The van der Waals surface area contributed by atoms with Crippen molar-refractivity contribution in [3.05, 3.63) is 89.9 Å². The predicted octanol–water partition coefficient (Wildman–Crippen LogP) is 4.33. The molecule has 3 rings (SSSR count). The lowest BCUT2D eigenvalue weighted by atomic mass is 10.1. The van der Waals surface area contributed by atoms with Gasteiger partial charge in [0.2, 0.25) is 0 Å². The van der Waals surface area contributed by atoms with Crippen LogP contribution in [-0.4, -0.2) is 30.1 Å². The third-order valence-electron chi connectivity index (χ3n) is 4.59. The molecule has 0 aliphatic heterocycles. The Morgan fingerprint density at radius 1 is 1.06 bits per heavy atom. The van der Waals surface area contributed by atoms with Crippen molar-refractivity contribution in [1.82, 2.24) is 10.6 Å². The number of halogens is 1. The second kappa shape index (κ2) is 13.5. The zero-order valence-electron chi connectivity index (χ0n) is 18.0. The molecule has 1 atom stereocenters. The maximum atomic E-state index is 12.1. The lowest BCUT2D eigenvalue weighted by molar-refractivity contribution is 0.0996. The molecule has 0 saturated carbocycles. The summed E-state index contributed by atoms with van der Waals surface area (Å²) < 4.78 is 5.12. The Kier molecular flexibility index (Phi) is 10.8. The van der Waals surface area contributed by atoms with Crippen molar-refractivity contribution in [2.45, 2.75) is 26.0 Å². The highest BCUT2D eigenvalue weighted by Gasteiger charge is 2.09. The molecule has 0 aliphatic carbocycles. The molecule has 1 unspecified atom stereocenters. The normalized spacial score (nSPS) is 11.9. The molecule has 0 fully saturated rings. The fourth-order valence-corrected chi connectivity index (χ4v) is 3.03. The number of furan rings is 1. The van der Waals surface area contributed by atoms with Crippen LogP contribution in [0.4, 0.5) is 5.69 Å². The number of hydrogen-bond acceptors (Lipinski definition) is 4. The van der Waals surface area contributed by atoms with Gasteiger partial charge >= 0.3 is 0 Å². The SMILES string of the molecule is CCNC(=NCc1cccc(NC(=O)c2ccco2)c1)NCCC(O)c1ccccc1.I. The summed E-state index contributed by atoms with van der Waals surface area (Å²) in [5.74, 6) is 0.644. The van der Waals surface area contributed by atoms with Gasteiger partial charge in [-0.2, -0.15) is 0 Å². The number of benzene rings is 2. The van der Waals surface area contributed by atoms with Crippen molar-refractivity contribution in [2.24, 2.45) is 4.99 Å². The van der Waals surface area contributed by atoms with Crippen LogP contribution >= 0.6 is 24.0 Å². The summed E-state index contributed by atoms with van der Waals surface area (Å²) in [5.41, 5.74) is 2.54. The largest absolute Gasteiger partial charge is 0.459 e. The molecular formula is C24H29IN4O3. The third-order valence-corrected chi connectivity index (χ3v) is 4.59. The monoisotopic (exact) mass is 548 g/mol. The summed E-state index contributed by atoms with van der Waals surface area (Å²) in [4.78, 5) is 16.7. The first-order valence-corrected chi connectivity index (χ1v) is 10.3. The molecule has 1 aromatic heterocycles. The summed E-state index contributed by atoms with van der Waals surface area (Å²) in [7, 11) is 0. The number of carbonyl (C=O) groups excluding carboxylic acids is 1. The Morgan fingerprint density at radius 3 is 2.59 bits per heavy atom. The molecule has 0 aliphatic rings. The van der Waals surface area contributed by atoms with Gasteiger partial charge in [0.1, 0.15) is 0 Å². The van der Waals surface area contributed by atoms with Gasteiger partial charge in [0, 0.05) is 18.8 Å². The number of carbonyl (C=O) groups is 1. The number of anilines is 1. The van der Waals surface area contributed by atoms with Crippen molar-refractivity contribution in [3.8, 4) is 0 Å². The van der Waals surface area contributed by atoms with Crippen molar-refractivity contribution in [1.29, 1.82) is 0 Å². The fourth-order valence-electron chi connectivity index (χ4n) is 3.03. The molecular weight excluding hydrogens is 519 g/mol. The van der Waals surface area contributed by atoms with Crippen molar-refractivity contribution in [2.75, 3.05) is 18.4 Å². The van der Waals surface area contributed by atoms with E-state index in [4.69, 9.17) is 4.42 Å². The highest BCUT2D eigenvalue weighted by Crippen LogP contribution is 2.15. The first-order valence-electron chi connectivity index (χ1n) is 10.3. The van der Waals surface area contributed by atoms with Crippen molar-refractivity contribution >= 4 is 41.5 Å². The Labute approximate surface area is 205 Å². The molecule has 8 heteroatoms. The Hall–Kier alpha value is -2.85. The fraction of sp³-hybridized carbons (Fsp3) is 0.250. The molecule has 3 aromatic rings. The minimum absolute atomic E-state index is 0. The number of aliphatic hydroxyl groups excluding tert-OH is 1. The van der Waals surface area contributed by atoms with E-state index >= 15 is 0 Å². The first-order chi connectivity index (χ1) is 15.2. The average Bonchev–Trinajstić information content (AvgIpc) is 3.33. The summed E-state index contributed by atoms with van der Waals surface area (Å²) in [6.45, 7) is 3.76. The summed E-state index contributed by atoms with van der Waals surface area (Å²) >= 11 is 0. The van der Waals surface area contributed by atoms with Crippen molar-refractivity contribution < 1.29 is 14.3 Å². The van der Waals surface area contributed by atoms with Gasteiger partial charge in [-0.15, -0.1) is 24.0 Å². The van der Waals surface area contributed by atoms with Crippen LogP contribution in [0.25, 0.3) is 0 Å². The van der Waals surface area contributed by atoms with Crippen LogP contribution in [-0.2, 0) is 6.54 Å². The van der Waals surface area contributed by atoms with E-state index in [2.05, 4.69) is 20.9 Å². The van der Waals surface area contributed by atoms with E-state index in [1.807, 2.05) is 61.5 Å². The summed E-state index contributed by atoms with van der Waals surface area (Å²) in [6, 6.07) is 20.4. The lowest BCUT2D eigenvalue weighted by Crippen LogP contribution is -2.38. The van der Waals surface area contributed by atoms with Gasteiger partial charge in [0.05, 0.1) is 18.9 Å². The molecule has 32 heavy (non-hydrogen) atoms. The van der Waals surface area contributed by atoms with E-state index in [-0.39, 0.29) is 35.6 Å². The zero-order chi connectivity index (χ0) is 21.9. The van der Waals surface area contributed by atoms with Gasteiger partial charge in [0.15, 0.2) is 11.7 Å². The van der Waals surface area contributed by atoms with Gasteiger partial charge in [0.25, 0.3) is 5.91 Å². The third kappa shape index (κ3) is 8.01. The van der Waals surface area contributed by atoms with Gasteiger partial charge in [-0.3, -0.25) is 4.79 Å². The van der Waals surface area contributed by atoms with E-state index < -0.39 is 6.10 Å². The van der Waals surface area contributed by atoms with E-state index in [1.54, 1.807) is 12.1 Å². The smallest absolute Gasteiger partial charge is 0.291 e. The topological polar surface area (TPSA) is 98.9 Å². The Bertz CT molecular complexity index is 978. The quantitative estimate of drug-likeness (QED) is 0.181. The lowest BCUT2D eigenvalue weighted by Gasteiger charge is -2.14. The number of nitrogens with one attached hydrogen (secondary N) is 3. The van der Waals surface area contributed by atoms with Gasteiger partial charge in [-0.05, 0) is 48.7 Å². The van der Waals surface area contributed by atoms with Crippen LogP contribution in [0.15, 0.2) is 82.4 Å². The Balaban J connectivity index is 0.00000363. The summed E-state index contributed by atoms with van der Waals surface area (Å²) in [6.07, 6.45) is 1.52. The standard InChI is InChI=1S/C24H28N4O3.HI/c1-2-25-24(26-14-13-21(29)19-9-4-3-5-10-19)27-17-18-8-6-11-20(16-18)28-23(30)22-12-7-15-31-22;/h3-12,15-16,21,29H,2,13-14,17H2,1H3,(H,28,30)(H2,25,26,27);1H. The highest BCUT2D eigenvalue weighted by atomic mass is 127. The molecule has 4 N–H and O–H groups in total. The van der Waals surface area contributed by atoms with Gasteiger partial charge < -0.3 is 25.5 Å². The zero-order valence-corrected chi connectivity index (χ0v) is 20.3. The highest BCUT2D eigenvalue weighted by molar-refractivity contribution is 14.0. The van der Waals surface area contributed by atoms with Gasteiger partial charge in [-0.1, -0.05) is 42.5 Å². The molecule has 1 amide bonds. The molecule has 0 saturated heterocycles. The van der Waals surface area contributed by atoms with Gasteiger partial charge in [-0.25, -0.2) is 4.99 Å². The second-order valence-corrected chi connectivity index (χ2v) is 6.97. The van der Waals surface area contributed by atoms with Crippen molar-refractivity contribution in [3.63, 3.8) is 0 Å². The second-order valence-electron chi connectivity index (χ2n) is 6.97. The van der Waals surface area contributed by atoms with E-state index in [0.717, 1.165) is 17.7 Å². The number of aliphatic imine (C=N–C) groups is 1. The Morgan fingerprint density at radius 2 is 1.88 bits per heavy atom. The maximum Gasteiger partial charge on any atom is 0.291 e. The summed E-state index contributed by atoms with van der Waals surface area (Å²) in [5, 5.41) is 19.6. The number of aliphatic hydroxyl groups is 1. The molecule has 7 nitrogen and oxygen atoms in total. The minimum Gasteiger partial charge on any atom is -0.459 e. The molecule has 0 radical (unpaired) electrons. The first kappa shape index (κ1) is 25.4. The number of amides is 1. The van der Waals surface area contributed by atoms with Crippen LogP contribution in [0, 0.1) is 0 Å². The van der Waals surface area contributed by atoms with Crippen LogP contribution in [0.5, 0.6) is 0 Å². The molecule has 0 spiro atoms. The van der Waals surface area contributed by atoms with Crippen LogP contribution in [0.1, 0.15) is 41.1 Å². The number of hydrogen-bond donors (Lipinski definition) is 4. The average molecular weight is 548 g/mol. The van der Waals surface area contributed by atoms with E-state index in [9.17, 15) is 9.90 Å².